The number of aliphatic hydroxyl groups excluding tert-OH is 2. The van der Waals surface area contributed by atoms with Crippen LogP contribution in [0.15, 0.2) is 0 Å². The zero-order chi connectivity index (χ0) is 21.7. The van der Waals surface area contributed by atoms with Crippen LogP contribution >= 0.6 is 0 Å². The van der Waals surface area contributed by atoms with Crippen molar-refractivity contribution in [3.8, 4) is 0 Å². The first-order valence-electron chi connectivity index (χ1n) is 13.3. The summed E-state index contributed by atoms with van der Waals surface area (Å²) in [5, 5.41) is 21.3. The lowest BCUT2D eigenvalue weighted by molar-refractivity contribution is -0.249. The van der Waals surface area contributed by atoms with E-state index in [4.69, 9.17) is 0 Å². The van der Waals surface area contributed by atoms with Crippen molar-refractivity contribution in [2.24, 2.45) is 56.7 Å². The standard InChI is InChI=1S/C28H48O2/c1-18-9-14-28(17-29)16-15-26(5)19(23(18)28)7-8-21-25(4)12-11-22(30)24(2,3)20(25)10-13-27(21,26)6/h18-23,29-30H,7-17H2,1-6H3/t18-,19-,20+,21-,22+,23-,25+,26-,27-,28-/m1/s1. The molecule has 30 heavy (non-hydrogen) atoms. The first-order chi connectivity index (χ1) is 14.0. The Bertz CT molecular complexity index is 701. The van der Waals surface area contributed by atoms with Crippen LogP contribution in [0.3, 0.4) is 0 Å². The molecule has 172 valence electrons. The molecule has 2 nitrogen and oxygen atoms in total. The Morgan fingerprint density at radius 2 is 1.47 bits per heavy atom. The summed E-state index contributed by atoms with van der Waals surface area (Å²) in [6.45, 7) is 15.6. The second-order valence-electron chi connectivity index (χ2n) is 14.1. The summed E-state index contributed by atoms with van der Waals surface area (Å²) in [6, 6.07) is 0. The molecule has 0 spiro atoms. The van der Waals surface area contributed by atoms with Crippen LogP contribution in [0.25, 0.3) is 0 Å². The zero-order valence-corrected chi connectivity index (χ0v) is 20.6. The van der Waals surface area contributed by atoms with Crippen molar-refractivity contribution in [2.45, 2.75) is 112 Å². The van der Waals surface area contributed by atoms with Gasteiger partial charge in [-0.25, -0.2) is 0 Å². The molecular weight excluding hydrogens is 368 g/mol. The molecule has 5 aliphatic rings. The van der Waals surface area contributed by atoms with Gasteiger partial charge in [0.25, 0.3) is 0 Å². The molecule has 2 N–H and O–H groups in total. The first kappa shape index (κ1) is 21.7. The highest BCUT2D eigenvalue weighted by molar-refractivity contribution is 5.19. The summed E-state index contributed by atoms with van der Waals surface area (Å²) < 4.78 is 0. The molecule has 5 saturated carbocycles. The van der Waals surface area contributed by atoms with Gasteiger partial charge in [-0.05, 0) is 121 Å². The van der Waals surface area contributed by atoms with E-state index in [-0.39, 0.29) is 16.9 Å². The predicted molar refractivity (Wildman–Crippen MR) is 123 cm³/mol. The minimum Gasteiger partial charge on any atom is -0.396 e. The second-order valence-corrected chi connectivity index (χ2v) is 14.1. The molecule has 0 aromatic heterocycles. The van der Waals surface area contributed by atoms with E-state index in [0.717, 1.165) is 30.1 Å². The smallest absolute Gasteiger partial charge is 0.0594 e. The van der Waals surface area contributed by atoms with Gasteiger partial charge < -0.3 is 10.2 Å². The van der Waals surface area contributed by atoms with Gasteiger partial charge in [-0.2, -0.15) is 0 Å². The van der Waals surface area contributed by atoms with E-state index in [1.54, 1.807) is 0 Å². The molecular formula is C28H48O2. The average molecular weight is 417 g/mol. The molecule has 2 heteroatoms. The lowest BCUT2D eigenvalue weighted by Crippen LogP contribution is -2.66. The third-order valence-corrected chi connectivity index (χ3v) is 13.2. The Labute approximate surface area is 185 Å². The van der Waals surface area contributed by atoms with Gasteiger partial charge in [-0.3, -0.25) is 0 Å². The fraction of sp³-hybridized carbons (Fsp3) is 1.00. The van der Waals surface area contributed by atoms with Crippen LogP contribution in [-0.4, -0.2) is 22.9 Å². The summed E-state index contributed by atoms with van der Waals surface area (Å²) in [5.74, 6) is 3.74. The Kier molecular flexibility index (Phi) is 4.71. The van der Waals surface area contributed by atoms with Crippen molar-refractivity contribution in [1.29, 1.82) is 0 Å². The topological polar surface area (TPSA) is 40.5 Å². The van der Waals surface area contributed by atoms with E-state index in [1.807, 2.05) is 0 Å². The molecule has 0 aliphatic heterocycles. The molecule has 0 amide bonds. The van der Waals surface area contributed by atoms with Crippen molar-refractivity contribution in [1.82, 2.24) is 0 Å². The van der Waals surface area contributed by atoms with Crippen LogP contribution in [0.2, 0.25) is 0 Å². The summed E-state index contributed by atoms with van der Waals surface area (Å²) in [5.41, 5.74) is 1.46. The number of aliphatic hydroxyl groups is 2. The maximum Gasteiger partial charge on any atom is 0.0594 e. The molecule has 0 heterocycles. The monoisotopic (exact) mass is 416 g/mol. The van der Waals surface area contributed by atoms with Crippen molar-refractivity contribution < 1.29 is 10.2 Å². The van der Waals surface area contributed by atoms with Gasteiger partial charge in [0, 0.05) is 6.61 Å². The average Bonchev–Trinajstić information content (AvgIpc) is 3.03. The highest BCUT2D eigenvalue weighted by atomic mass is 16.3. The van der Waals surface area contributed by atoms with Gasteiger partial charge in [0.15, 0.2) is 0 Å². The molecule has 0 unspecified atom stereocenters. The maximum absolute atomic E-state index is 10.9. The van der Waals surface area contributed by atoms with Crippen molar-refractivity contribution >= 4 is 0 Å². The van der Waals surface area contributed by atoms with E-state index in [2.05, 4.69) is 41.5 Å². The van der Waals surface area contributed by atoms with Gasteiger partial charge in [0.1, 0.15) is 0 Å². The fourth-order valence-electron chi connectivity index (χ4n) is 11.4. The highest BCUT2D eigenvalue weighted by Gasteiger charge is 2.70. The van der Waals surface area contributed by atoms with Crippen molar-refractivity contribution in [2.75, 3.05) is 6.61 Å². The summed E-state index contributed by atoms with van der Waals surface area (Å²) in [4.78, 5) is 0. The Morgan fingerprint density at radius 1 is 0.733 bits per heavy atom. The van der Waals surface area contributed by atoms with Gasteiger partial charge in [0.2, 0.25) is 0 Å². The van der Waals surface area contributed by atoms with Crippen LogP contribution in [0, 0.1) is 56.7 Å². The van der Waals surface area contributed by atoms with Gasteiger partial charge in [0.05, 0.1) is 6.10 Å². The first-order valence-corrected chi connectivity index (χ1v) is 13.3. The third kappa shape index (κ3) is 2.39. The fourth-order valence-corrected chi connectivity index (χ4v) is 11.4. The Balaban J connectivity index is 1.54. The Morgan fingerprint density at radius 3 is 2.17 bits per heavy atom. The van der Waals surface area contributed by atoms with E-state index >= 15 is 0 Å². The number of rotatable bonds is 1. The lowest BCUT2D eigenvalue weighted by atomic mass is 9.32. The number of fused-ring (bicyclic) bond motifs is 7. The normalized spacial score (nSPS) is 59.6. The molecule has 5 rings (SSSR count). The number of hydrogen-bond acceptors (Lipinski definition) is 2. The van der Waals surface area contributed by atoms with E-state index in [1.165, 1.54) is 57.8 Å². The van der Waals surface area contributed by atoms with Gasteiger partial charge in [-0.1, -0.05) is 41.5 Å². The Hall–Kier alpha value is -0.0800. The molecule has 0 aromatic rings. The van der Waals surface area contributed by atoms with Gasteiger partial charge >= 0.3 is 0 Å². The minimum atomic E-state index is -0.133. The second kappa shape index (κ2) is 6.49. The van der Waals surface area contributed by atoms with E-state index in [9.17, 15) is 10.2 Å². The van der Waals surface area contributed by atoms with Crippen LogP contribution in [0.5, 0.6) is 0 Å². The quantitative estimate of drug-likeness (QED) is 0.516. The summed E-state index contributed by atoms with van der Waals surface area (Å²) in [7, 11) is 0. The predicted octanol–water partition coefficient (Wildman–Crippen LogP) is 6.44. The van der Waals surface area contributed by atoms with E-state index in [0.29, 0.717) is 28.8 Å². The van der Waals surface area contributed by atoms with Crippen LogP contribution in [0.1, 0.15) is 106 Å². The maximum atomic E-state index is 10.9. The molecule has 0 aromatic carbocycles. The highest BCUT2D eigenvalue weighted by Crippen LogP contribution is 2.77. The molecule has 5 aliphatic carbocycles. The minimum absolute atomic E-state index is 0.0463. The van der Waals surface area contributed by atoms with Crippen LogP contribution in [-0.2, 0) is 0 Å². The molecule has 0 saturated heterocycles. The number of hydrogen-bond donors (Lipinski definition) is 2. The van der Waals surface area contributed by atoms with Crippen LogP contribution < -0.4 is 0 Å². The van der Waals surface area contributed by atoms with Crippen LogP contribution in [0.4, 0.5) is 0 Å². The summed E-state index contributed by atoms with van der Waals surface area (Å²) in [6.07, 6.45) is 12.6. The third-order valence-electron chi connectivity index (χ3n) is 13.2. The molecule has 10 atom stereocenters. The van der Waals surface area contributed by atoms with Crippen molar-refractivity contribution in [3.63, 3.8) is 0 Å². The molecule has 0 radical (unpaired) electrons. The largest absolute Gasteiger partial charge is 0.396 e. The SMILES string of the molecule is C[C@@H]1CC[C@]2(CO)CC[C@]3(C)[C@H](CC[C@@H]4[C@@]5(C)CC[C@H](O)C(C)(C)[C@@H]5CC[C@]43C)[C@@H]12. The van der Waals surface area contributed by atoms with Crippen molar-refractivity contribution in [3.05, 3.63) is 0 Å². The lowest BCUT2D eigenvalue weighted by Gasteiger charge is -2.73. The summed E-state index contributed by atoms with van der Waals surface area (Å²) >= 11 is 0. The molecule has 5 fully saturated rings. The van der Waals surface area contributed by atoms with E-state index < -0.39 is 0 Å². The van der Waals surface area contributed by atoms with Gasteiger partial charge in [-0.15, -0.1) is 0 Å². The molecule has 0 bridgehead atoms. The zero-order valence-electron chi connectivity index (χ0n) is 20.6.